The third-order valence-electron chi connectivity index (χ3n) is 2.77. The first-order valence-corrected chi connectivity index (χ1v) is 5.90. The summed E-state index contributed by atoms with van der Waals surface area (Å²) in [6, 6.07) is 0. The van der Waals surface area contributed by atoms with Crippen LogP contribution in [0.2, 0.25) is 0 Å². The SMILES string of the molecule is O=C(O)CCCCCCNC(=O)C1CNC1. The number of hydrogen-bond donors (Lipinski definition) is 3. The lowest BCUT2D eigenvalue weighted by molar-refractivity contribution is -0.137. The molecule has 0 unspecified atom stereocenters. The maximum Gasteiger partial charge on any atom is 0.303 e. The molecular weight excluding hydrogens is 208 g/mol. The van der Waals surface area contributed by atoms with Crippen LogP contribution in [0.15, 0.2) is 0 Å². The lowest BCUT2D eigenvalue weighted by Crippen LogP contribution is -2.50. The zero-order chi connectivity index (χ0) is 11.8. The highest BCUT2D eigenvalue weighted by atomic mass is 16.4. The van der Waals surface area contributed by atoms with Crippen molar-refractivity contribution in [3.63, 3.8) is 0 Å². The van der Waals surface area contributed by atoms with Crippen molar-refractivity contribution in [2.75, 3.05) is 19.6 Å². The molecule has 0 bridgehead atoms. The molecule has 1 fully saturated rings. The minimum absolute atomic E-state index is 0.143. The van der Waals surface area contributed by atoms with E-state index in [0.717, 1.165) is 38.8 Å². The Morgan fingerprint density at radius 3 is 2.44 bits per heavy atom. The quantitative estimate of drug-likeness (QED) is 0.524. The number of amides is 1. The van der Waals surface area contributed by atoms with Gasteiger partial charge in [-0.25, -0.2) is 0 Å². The van der Waals surface area contributed by atoms with Crippen molar-refractivity contribution in [1.29, 1.82) is 0 Å². The van der Waals surface area contributed by atoms with Gasteiger partial charge in [0.15, 0.2) is 0 Å². The summed E-state index contributed by atoms with van der Waals surface area (Å²) in [6.45, 7) is 2.30. The normalized spacial score (nSPS) is 15.5. The maximum atomic E-state index is 11.4. The van der Waals surface area contributed by atoms with Gasteiger partial charge in [-0.1, -0.05) is 12.8 Å². The molecule has 3 N–H and O–H groups in total. The standard InChI is InChI=1S/C11H20N2O3/c14-10(15)5-3-1-2-4-6-13-11(16)9-7-12-8-9/h9,12H,1-8H2,(H,13,16)(H,14,15). The van der Waals surface area contributed by atoms with Gasteiger partial charge in [0, 0.05) is 26.1 Å². The Hall–Kier alpha value is -1.10. The second-order valence-corrected chi connectivity index (χ2v) is 4.20. The molecule has 0 saturated carbocycles. The minimum Gasteiger partial charge on any atom is -0.481 e. The van der Waals surface area contributed by atoms with E-state index in [4.69, 9.17) is 5.11 Å². The Labute approximate surface area is 95.6 Å². The number of aliphatic carboxylic acids is 1. The van der Waals surface area contributed by atoms with Crippen molar-refractivity contribution < 1.29 is 14.7 Å². The summed E-state index contributed by atoms with van der Waals surface area (Å²) in [6.07, 6.45) is 3.82. The van der Waals surface area contributed by atoms with Gasteiger partial charge >= 0.3 is 5.97 Å². The predicted octanol–water partition coefficient (Wildman–Crippen LogP) is 0.357. The molecule has 5 nitrogen and oxygen atoms in total. The van der Waals surface area contributed by atoms with E-state index >= 15 is 0 Å². The van der Waals surface area contributed by atoms with Gasteiger partial charge in [0.1, 0.15) is 0 Å². The summed E-state index contributed by atoms with van der Waals surface area (Å²) in [5.74, 6) is -0.429. The van der Waals surface area contributed by atoms with Crippen molar-refractivity contribution in [1.82, 2.24) is 10.6 Å². The van der Waals surface area contributed by atoms with Gasteiger partial charge in [0.05, 0.1) is 5.92 Å². The lowest BCUT2D eigenvalue weighted by atomic mass is 10.0. The molecule has 0 aromatic rings. The molecule has 1 amide bonds. The Bertz CT molecular complexity index is 239. The van der Waals surface area contributed by atoms with Crippen LogP contribution in [0.4, 0.5) is 0 Å². The number of carbonyl (C=O) groups excluding carboxylic acids is 1. The van der Waals surface area contributed by atoms with Crippen molar-refractivity contribution in [2.45, 2.75) is 32.1 Å². The van der Waals surface area contributed by atoms with Gasteiger partial charge in [0.25, 0.3) is 0 Å². The molecule has 5 heteroatoms. The Morgan fingerprint density at radius 2 is 1.88 bits per heavy atom. The third-order valence-corrected chi connectivity index (χ3v) is 2.77. The molecule has 0 atom stereocenters. The van der Waals surface area contributed by atoms with Crippen LogP contribution < -0.4 is 10.6 Å². The first-order chi connectivity index (χ1) is 7.70. The van der Waals surface area contributed by atoms with Crippen LogP contribution in [0, 0.1) is 5.92 Å². The monoisotopic (exact) mass is 228 g/mol. The molecular formula is C11H20N2O3. The number of nitrogens with one attached hydrogen (secondary N) is 2. The summed E-state index contributed by atoms with van der Waals surface area (Å²) < 4.78 is 0. The topological polar surface area (TPSA) is 78.4 Å². The van der Waals surface area contributed by atoms with Crippen LogP contribution in [-0.2, 0) is 9.59 Å². The van der Waals surface area contributed by atoms with Gasteiger partial charge in [-0.2, -0.15) is 0 Å². The van der Waals surface area contributed by atoms with E-state index in [-0.39, 0.29) is 18.2 Å². The average Bonchev–Trinajstić information content (AvgIpc) is 2.13. The molecule has 0 aromatic heterocycles. The highest BCUT2D eigenvalue weighted by Crippen LogP contribution is 2.04. The maximum absolute atomic E-state index is 11.4. The fraction of sp³-hybridized carbons (Fsp3) is 0.818. The molecule has 0 spiro atoms. The number of carbonyl (C=O) groups is 2. The van der Waals surface area contributed by atoms with Gasteiger partial charge < -0.3 is 15.7 Å². The van der Waals surface area contributed by atoms with E-state index in [1.807, 2.05) is 0 Å². The van der Waals surface area contributed by atoms with Crippen molar-refractivity contribution >= 4 is 11.9 Å². The van der Waals surface area contributed by atoms with E-state index in [2.05, 4.69) is 10.6 Å². The number of hydrogen-bond acceptors (Lipinski definition) is 3. The van der Waals surface area contributed by atoms with Crippen LogP contribution in [0.1, 0.15) is 32.1 Å². The molecule has 0 aliphatic carbocycles. The summed E-state index contributed by atoms with van der Waals surface area (Å²) in [7, 11) is 0. The molecule has 16 heavy (non-hydrogen) atoms. The lowest BCUT2D eigenvalue weighted by Gasteiger charge is -2.25. The summed E-state index contributed by atoms with van der Waals surface area (Å²) in [5, 5.41) is 14.4. The number of unbranched alkanes of at least 4 members (excludes halogenated alkanes) is 3. The molecule has 0 aromatic carbocycles. The molecule has 1 aliphatic rings. The number of carboxylic acid groups (broad SMARTS) is 1. The van der Waals surface area contributed by atoms with Gasteiger partial charge in [0.2, 0.25) is 5.91 Å². The highest BCUT2D eigenvalue weighted by molar-refractivity contribution is 5.79. The fourth-order valence-electron chi connectivity index (χ4n) is 1.58. The van der Waals surface area contributed by atoms with Crippen LogP contribution in [0.5, 0.6) is 0 Å². The van der Waals surface area contributed by atoms with E-state index in [0.29, 0.717) is 6.54 Å². The largest absolute Gasteiger partial charge is 0.481 e. The molecule has 92 valence electrons. The van der Waals surface area contributed by atoms with Gasteiger partial charge in [-0.15, -0.1) is 0 Å². The summed E-state index contributed by atoms with van der Waals surface area (Å²) in [4.78, 5) is 21.6. The van der Waals surface area contributed by atoms with E-state index in [9.17, 15) is 9.59 Å². The van der Waals surface area contributed by atoms with Gasteiger partial charge in [-0.05, 0) is 12.8 Å². The fourth-order valence-corrected chi connectivity index (χ4v) is 1.58. The smallest absolute Gasteiger partial charge is 0.303 e. The number of carboxylic acids is 1. The summed E-state index contributed by atoms with van der Waals surface area (Å²) in [5.41, 5.74) is 0. The van der Waals surface area contributed by atoms with Crippen molar-refractivity contribution in [3.8, 4) is 0 Å². The van der Waals surface area contributed by atoms with E-state index in [1.54, 1.807) is 0 Å². The molecule has 1 heterocycles. The second-order valence-electron chi connectivity index (χ2n) is 4.20. The summed E-state index contributed by atoms with van der Waals surface area (Å²) >= 11 is 0. The Morgan fingerprint density at radius 1 is 1.19 bits per heavy atom. The van der Waals surface area contributed by atoms with Crippen molar-refractivity contribution in [3.05, 3.63) is 0 Å². The van der Waals surface area contributed by atoms with E-state index in [1.165, 1.54) is 0 Å². The first kappa shape index (κ1) is 13.0. The zero-order valence-electron chi connectivity index (χ0n) is 9.50. The highest BCUT2D eigenvalue weighted by Gasteiger charge is 2.23. The Kier molecular flexibility index (Phi) is 5.85. The average molecular weight is 228 g/mol. The van der Waals surface area contributed by atoms with Crippen LogP contribution in [0.25, 0.3) is 0 Å². The van der Waals surface area contributed by atoms with Crippen LogP contribution >= 0.6 is 0 Å². The molecule has 1 rings (SSSR count). The van der Waals surface area contributed by atoms with Crippen LogP contribution in [0.3, 0.4) is 0 Å². The molecule has 1 aliphatic heterocycles. The number of rotatable bonds is 8. The molecule has 1 saturated heterocycles. The third kappa shape index (κ3) is 5.11. The van der Waals surface area contributed by atoms with E-state index < -0.39 is 5.97 Å². The van der Waals surface area contributed by atoms with Crippen LogP contribution in [-0.4, -0.2) is 36.6 Å². The molecule has 0 radical (unpaired) electrons. The van der Waals surface area contributed by atoms with Crippen molar-refractivity contribution in [2.24, 2.45) is 5.92 Å². The minimum atomic E-state index is -0.731. The van der Waals surface area contributed by atoms with Gasteiger partial charge in [-0.3, -0.25) is 9.59 Å². The first-order valence-electron chi connectivity index (χ1n) is 5.90. The Balaban J connectivity index is 1.84. The zero-order valence-corrected chi connectivity index (χ0v) is 9.50. The predicted molar refractivity (Wildman–Crippen MR) is 60.1 cm³/mol. The second kappa shape index (κ2) is 7.22.